The maximum absolute atomic E-state index is 9.62. The summed E-state index contributed by atoms with van der Waals surface area (Å²) in [6.07, 6.45) is 0. The Balaban J connectivity index is -0.000000180. The topological polar surface area (TPSA) is 74.6 Å². The Labute approximate surface area is 135 Å². The second kappa shape index (κ2) is 8.66. The zero-order valence-corrected chi connectivity index (χ0v) is 15.3. The van der Waals surface area contributed by atoms with E-state index >= 15 is 0 Å². The number of halogens is 6. The molecule has 0 aromatic rings. The van der Waals surface area contributed by atoms with Crippen molar-refractivity contribution in [3.63, 3.8) is 0 Å². The molecule has 0 aromatic heterocycles. The van der Waals surface area contributed by atoms with E-state index in [4.69, 9.17) is 79.8 Å². The molecule has 0 aliphatic rings. The summed E-state index contributed by atoms with van der Waals surface area (Å²) in [5.41, 5.74) is 0. The molecule has 0 atom stereocenters. The van der Waals surface area contributed by atoms with Crippen LogP contribution in [0.15, 0.2) is 0 Å². The Hall–Kier alpha value is 1.60. The molecule has 0 radical (unpaired) electrons. The van der Waals surface area contributed by atoms with Crippen molar-refractivity contribution < 1.29 is 47.1 Å². The minimum absolute atomic E-state index is 0. The minimum Gasteiger partial charge on any atom is -0.478 e. The summed E-state index contributed by atoms with van der Waals surface area (Å²) in [5.74, 6) is -2.92. The van der Waals surface area contributed by atoms with Crippen LogP contribution in [0.4, 0.5) is 0 Å². The fourth-order valence-electron chi connectivity index (χ4n) is 0. The number of hydrogen-bond donors (Lipinski definition) is 2. The first-order valence-corrected chi connectivity index (χ1v) is 4.76. The summed E-state index contributed by atoms with van der Waals surface area (Å²) < 4.78 is -4.33. The molecule has 0 aliphatic carbocycles. The fraction of sp³-hybridized carbons (Fsp3) is 0.500. The van der Waals surface area contributed by atoms with Gasteiger partial charge in [0, 0.05) is 27.3 Å². The molecule has 2 N–H and O–H groups in total. The second-order valence-corrected chi connectivity index (χ2v) is 6.17. The summed E-state index contributed by atoms with van der Waals surface area (Å²) >= 11 is 28.8. The molecule has 0 fully saturated rings. The van der Waals surface area contributed by atoms with Crippen LogP contribution >= 0.6 is 69.6 Å². The van der Waals surface area contributed by atoms with Crippen molar-refractivity contribution in [2.45, 2.75) is 7.59 Å². The first-order valence-electron chi connectivity index (χ1n) is 2.49. The summed E-state index contributed by atoms with van der Waals surface area (Å²) in [5, 5.41) is 15.7. The Morgan fingerprint density at radius 3 is 0.800 bits per heavy atom. The fourth-order valence-corrected chi connectivity index (χ4v) is 0. The molecule has 11 heteroatoms. The summed E-state index contributed by atoms with van der Waals surface area (Å²) in [4.78, 5) is 19.2. The Kier molecular flexibility index (Phi) is 12.6. The molecule has 4 nitrogen and oxygen atoms in total. The van der Waals surface area contributed by atoms with Gasteiger partial charge in [-0.3, -0.25) is 0 Å². The van der Waals surface area contributed by atoms with E-state index in [-0.39, 0.29) is 27.3 Å². The number of alkyl halides is 6. The maximum atomic E-state index is 9.62. The molecule has 0 bridgehead atoms. The first-order chi connectivity index (χ1) is 5.89. The summed E-state index contributed by atoms with van der Waals surface area (Å²) in [6.45, 7) is 0. The normalized spacial score (nSPS) is 10.5. The summed E-state index contributed by atoms with van der Waals surface area (Å²) in [7, 11) is 0. The number of hydrogen-bond acceptors (Lipinski definition) is 2. The average molecular weight is 439 g/mol. The molecule has 0 spiro atoms. The Bertz CT molecular complexity index is 196. The predicted molar refractivity (Wildman–Crippen MR) is 55.9 cm³/mol. The van der Waals surface area contributed by atoms with Gasteiger partial charge in [0.2, 0.25) is 0 Å². The van der Waals surface area contributed by atoms with Crippen molar-refractivity contribution in [1.29, 1.82) is 0 Å². The number of rotatable bonds is 0. The molecule has 0 heterocycles. The van der Waals surface area contributed by atoms with Gasteiger partial charge in [0.25, 0.3) is 7.59 Å². The molecule has 0 unspecified atom stereocenters. The van der Waals surface area contributed by atoms with E-state index in [0.717, 1.165) is 0 Å². The Morgan fingerprint density at radius 1 is 0.733 bits per heavy atom. The van der Waals surface area contributed by atoms with Gasteiger partial charge < -0.3 is 10.2 Å². The van der Waals surface area contributed by atoms with Gasteiger partial charge in [0.05, 0.1) is 0 Å². The smallest absolute Gasteiger partial charge is 0.356 e. The van der Waals surface area contributed by atoms with E-state index < -0.39 is 19.5 Å². The monoisotopic (exact) mass is 438 g/mol. The second-order valence-electron chi connectivity index (χ2n) is 1.61. The van der Waals surface area contributed by atoms with E-state index in [9.17, 15) is 9.59 Å². The molecular weight excluding hydrogens is 437 g/mol. The Morgan fingerprint density at radius 2 is 0.800 bits per heavy atom. The van der Waals surface area contributed by atoms with Gasteiger partial charge in [-0.1, -0.05) is 69.6 Å². The van der Waals surface area contributed by atoms with Gasteiger partial charge in [-0.05, 0) is 0 Å². The molecular formula is C4H2CdCl6O4. The van der Waals surface area contributed by atoms with Crippen LogP contribution in [0.3, 0.4) is 0 Å². The van der Waals surface area contributed by atoms with Crippen molar-refractivity contribution in [2.75, 3.05) is 0 Å². The van der Waals surface area contributed by atoms with E-state index in [1.54, 1.807) is 0 Å². The maximum Gasteiger partial charge on any atom is 0.356 e. The van der Waals surface area contributed by atoms with Gasteiger partial charge >= 0.3 is 11.9 Å². The quantitative estimate of drug-likeness (QED) is 0.450. The summed E-state index contributed by atoms with van der Waals surface area (Å²) in [6, 6.07) is 0. The third-order valence-electron chi connectivity index (χ3n) is 0.485. The van der Waals surface area contributed by atoms with Crippen LogP contribution in [0.25, 0.3) is 0 Å². The van der Waals surface area contributed by atoms with E-state index in [1.807, 2.05) is 0 Å². The van der Waals surface area contributed by atoms with Crippen molar-refractivity contribution >= 4 is 81.5 Å². The van der Waals surface area contributed by atoms with Crippen LogP contribution in [0, 0.1) is 0 Å². The molecule has 15 heavy (non-hydrogen) atoms. The SMILES string of the molecule is O=C(O)C(Cl)(Cl)Cl.O=C(O)C(Cl)(Cl)Cl.[Cd]. The molecule has 0 rings (SSSR count). The molecule has 0 aromatic carbocycles. The number of carbonyl (C=O) groups is 2. The van der Waals surface area contributed by atoms with Crippen LogP contribution in [0.1, 0.15) is 0 Å². The van der Waals surface area contributed by atoms with Crippen molar-refractivity contribution in [3.05, 3.63) is 0 Å². The number of aliphatic carboxylic acids is 2. The molecule has 86 valence electrons. The van der Waals surface area contributed by atoms with Crippen molar-refractivity contribution in [1.82, 2.24) is 0 Å². The number of carboxylic acid groups (broad SMARTS) is 2. The van der Waals surface area contributed by atoms with Gasteiger partial charge in [0.1, 0.15) is 0 Å². The van der Waals surface area contributed by atoms with E-state index in [2.05, 4.69) is 0 Å². The average Bonchev–Trinajstić information content (AvgIpc) is 1.83. The minimum atomic E-state index is -2.17. The zero-order valence-electron chi connectivity index (χ0n) is 6.69. The van der Waals surface area contributed by atoms with Crippen molar-refractivity contribution in [3.8, 4) is 0 Å². The van der Waals surface area contributed by atoms with Crippen LogP contribution in [-0.4, -0.2) is 29.7 Å². The molecule has 0 aliphatic heterocycles. The van der Waals surface area contributed by atoms with E-state index in [1.165, 1.54) is 0 Å². The standard InChI is InChI=1S/2C2HCl3O2.Cd/c2*3-2(4,5)1(6)7;/h2*(H,6,7);. The van der Waals surface area contributed by atoms with Crippen LogP contribution in [0.2, 0.25) is 0 Å². The third-order valence-corrected chi connectivity index (χ3v) is 1.46. The van der Waals surface area contributed by atoms with Crippen LogP contribution in [0.5, 0.6) is 0 Å². The third kappa shape index (κ3) is 15.6. The first kappa shape index (κ1) is 21.8. The van der Waals surface area contributed by atoms with Gasteiger partial charge in [-0.25, -0.2) is 9.59 Å². The largest absolute Gasteiger partial charge is 0.478 e. The molecule has 0 saturated carbocycles. The molecule has 0 amide bonds. The van der Waals surface area contributed by atoms with Crippen molar-refractivity contribution in [2.24, 2.45) is 0 Å². The number of carboxylic acids is 2. The van der Waals surface area contributed by atoms with Gasteiger partial charge in [-0.15, -0.1) is 0 Å². The van der Waals surface area contributed by atoms with Gasteiger partial charge in [0.15, 0.2) is 0 Å². The van der Waals surface area contributed by atoms with Crippen LogP contribution in [-0.2, 0) is 36.9 Å². The molecule has 0 saturated heterocycles. The van der Waals surface area contributed by atoms with Gasteiger partial charge in [-0.2, -0.15) is 0 Å². The van der Waals surface area contributed by atoms with Crippen LogP contribution < -0.4 is 0 Å². The predicted octanol–water partition coefficient (Wildman–Crippen LogP) is 2.88. The zero-order chi connectivity index (χ0) is 12.2. The van der Waals surface area contributed by atoms with E-state index in [0.29, 0.717) is 0 Å².